The highest BCUT2D eigenvalue weighted by Crippen LogP contribution is 2.27. The number of para-hydroxylation sites is 1. The maximum absolute atomic E-state index is 12.3. The molecule has 1 aromatic carbocycles. The van der Waals surface area contributed by atoms with Gasteiger partial charge in [0, 0.05) is 13.6 Å². The van der Waals surface area contributed by atoms with E-state index in [1.165, 1.54) is 4.31 Å². The number of rotatable bonds is 3. The minimum Gasteiger partial charge on any atom is -0.326 e. The average Bonchev–Trinajstić information content (AvgIpc) is 2.26. The normalized spacial score (nSPS) is 12.5. The van der Waals surface area contributed by atoms with Gasteiger partial charge in [-0.25, -0.2) is 8.42 Å². The van der Waals surface area contributed by atoms with Crippen LogP contribution in [0.15, 0.2) is 24.3 Å². The number of sulfonamides is 1. The monoisotopic (exact) mass is 256 g/mol. The summed E-state index contributed by atoms with van der Waals surface area (Å²) in [7, 11) is -1.82. The molecule has 1 rings (SSSR count). The summed E-state index contributed by atoms with van der Waals surface area (Å²) in [4.78, 5) is 0. The fraction of sp³-hybridized carbons (Fsp3) is 0.500. The molecule has 0 bridgehead atoms. The molecular formula is C12H20N2O2S. The predicted octanol–water partition coefficient (Wildman–Crippen LogP) is 1.71. The standard InChI is InChI=1S/C12H20N2O2S/c1-12(2,3)17(15,16)14(4)11-8-6-5-7-10(11)9-13/h5-8H,9,13H2,1-4H3. The van der Waals surface area contributed by atoms with Gasteiger partial charge in [0.15, 0.2) is 0 Å². The van der Waals surface area contributed by atoms with E-state index < -0.39 is 14.8 Å². The SMILES string of the molecule is CN(c1ccccc1CN)S(=O)(=O)C(C)(C)C. The average molecular weight is 256 g/mol. The predicted molar refractivity (Wildman–Crippen MR) is 71.4 cm³/mol. The molecule has 1 aromatic rings. The summed E-state index contributed by atoms with van der Waals surface area (Å²) in [6, 6.07) is 7.27. The molecule has 4 nitrogen and oxygen atoms in total. The third-order valence-corrected chi connectivity index (χ3v) is 5.15. The van der Waals surface area contributed by atoms with Crippen LogP contribution in [-0.4, -0.2) is 20.2 Å². The van der Waals surface area contributed by atoms with Gasteiger partial charge in [-0.2, -0.15) is 0 Å². The van der Waals surface area contributed by atoms with Crippen molar-refractivity contribution in [2.45, 2.75) is 32.1 Å². The quantitative estimate of drug-likeness (QED) is 0.895. The molecule has 17 heavy (non-hydrogen) atoms. The van der Waals surface area contributed by atoms with Gasteiger partial charge in [0.1, 0.15) is 0 Å². The van der Waals surface area contributed by atoms with Crippen LogP contribution in [0, 0.1) is 0 Å². The second-order valence-corrected chi connectivity index (χ2v) is 7.64. The Labute approximate surface area is 103 Å². The van der Waals surface area contributed by atoms with Crippen LogP contribution < -0.4 is 10.0 Å². The van der Waals surface area contributed by atoms with Gasteiger partial charge < -0.3 is 5.73 Å². The Bertz CT molecular complexity index is 489. The lowest BCUT2D eigenvalue weighted by molar-refractivity contribution is 0.558. The molecule has 0 atom stereocenters. The van der Waals surface area contributed by atoms with Gasteiger partial charge in [-0.05, 0) is 32.4 Å². The van der Waals surface area contributed by atoms with Crippen molar-refractivity contribution >= 4 is 15.7 Å². The van der Waals surface area contributed by atoms with Gasteiger partial charge in [0.25, 0.3) is 0 Å². The molecule has 0 amide bonds. The van der Waals surface area contributed by atoms with Crippen LogP contribution >= 0.6 is 0 Å². The Morgan fingerprint density at radius 3 is 2.24 bits per heavy atom. The zero-order chi connectivity index (χ0) is 13.3. The second-order valence-electron chi connectivity index (χ2n) is 4.92. The van der Waals surface area contributed by atoms with E-state index in [0.717, 1.165) is 5.56 Å². The van der Waals surface area contributed by atoms with Crippen LogP contribution in [0.1, 0.15) is 26.3 Å². The summed E-state index contributed by atoms with van der Waals surface area (Å²) in [6.07, 6.45) is 0. The largest absolute Gasteiger partial charge is 0.326 e. The molecular weight excluding hydrogens is 236 g/mol. The Hall–Kier alpha value is -1.07. The first-order valence-corrected chi connectivity index (χ1v) is 6.92. The summed E-state index contributed by atoms with van der Waals surface area (Å²) in [5, 5.41) is 0. The number of hydrogen-bond acceptors (Lipinski definition) is 3. The maximum Gasteiger partial charge on any atom is 0.239 e. The van der Waals surface area contributed by atoms with E-state index in [1.807, 2.05) is 18.2 Å². The zero-order valence-electron chi connectivity index (χ0n) is 10.8. The molecule has 0 fully saturated rings. The van der Waals surface area contributed by atoms with Crippen molar-refractivity contribution in [3.05, 3.63) is 29.8 Å². The van der Waals surface area contributed by atoms with Crippen LogP contribution in [0.2, 0.25) is 0 Å². The zero-order valence-corrected chi connectivity index (χ0v) is 11.6. The van der Waals surface area contributed by atoms with Gasteiger partial charge in [0.2, 0.25) is 10.0 Å². The highest BCUT2D eigenvalue weighted by molar-refractivity contribution is 7.94. The molecule has 0 aliphatic carbocycles. The Balaban J connectivity index is 3.27. The van der Waals surface area contributed by atoms with E-state index in [2.05, 4.69) is 0 Å². The van der Waals surface area contributed by atoms with Crippen LogP contribution in [0.25, 0.3) is 0 Å². The van der Waals surface area contributed by atoms with Crippen molar-refractivity contribution in [2.24, 2.45) is 5.73 Å². The molecule has 0 unspecified atom stereocenters. The highest BCUT2D eigenvalue weighted by Gasteiger charge is 2.33. The topological polar surface area (TPSA) is 63.4 Å². The lowest BCUT2D eigenvalue weighted by Gasteiger charge is -2.29. The molecule has 5 heteroatoms. The van der Waals surface area contributed by atoms with Gasteiger partial charge in [-0.15, -0.1) is 0 Å². The van der Waals surface area contributed by atoms with Crippen molar-refractivity contribution in [1.82, 2.24) is 0 Å². The molecule has 0 spiro atoms. The summed E-state index contributed by atoms with van der Waals surface area (Å²) in [6.45, 7) is 5.37. The van der Waals surface area contributed by atoms with E-state index in [9.17, 15) is 8.42 Å². The molecule has 0 radical (unpaired) electrons. The van der Waals surface area contributed by atoms with E-state index in [4.69, 9.17) is 5.73 Å². The third-order valence-electron chi connectivity index (χ3n) is 2.69. The van der Waals surface area contributed by atoms with E-state index >= 15 is 0 Å². The van der Waals surface area contributed by atoms with Crippen molar-refractivity contribution in [3.8, 4) is 0 Å². The summed E-state index contributed by atoms with van der Waals surface area (Å²) >= 11 is 0. The minimum atomic E-state index is -3.38. The molecule has 0 aliphatic heterocycles. The highest BCUT2D eigenvalue weighted by atomic mass is 32.2. The summed E-state index contributed by atoms with van der Waals surface area (Å²) in [5.74, 6) is 0. The minimum absolute atomic E-state index is 0.320. The Kier molecular flexibility index (Phi) is 3.84. The van der Waals surface area contributed by atoms with Gasteiger partial charge >= 0.3 is 0 Å². The Morgan fingerprint density at radius 2 is 1.76 bits per heavy atom. The summed E-state index contributed by atoms with van der Waals surface area (Å²) < 4.78 is 25.1. The number of benzene rings is 1. The molecule has 2 N–H and O–H groups in total. The van der Waals surface area contributed by atoms with E-state index in [0.29, 0.717) is 12.2 Å². The Morgan fingerprint density at radius 1 is 1.24 bits per heavy atom. The van der Waals surface area contributed by atoms with Crippen molar-refractivity contribution in [2.75, 3.05) is 11.4 Å². The van der Waals surface area contributed by atoms with Crippen molar-refractivity contribution in [1.29, 1.82) is 0 Å². The van der Waals surface area contributed by atoms with Crippen LogP contribution in [-0.2, 0) is 16.6 Å². The first-order valence-electron chi connectivity index (χ1n) is 5.48. The fourth-order valence-electron chi connectivity index (χ4n) is 1.53. The van der Waals surface area contributed by atoms with Crippen molar-refractivity contribution in [3.63, 3.8) is 0 Å². The van der Waals surface area contributed by atoms with E-state index in [1.54, 1.807) is 33.9 Å². The van der Waals surface area contributed by atoms with Gasteiger partial charge in [0.05, 0.1) is 10.4 Å². The number of anilines is 1. The fourth-order valence-corrected chi connectivity index (χ4v) is 2.79. The van der Waals surface area contributed by atoms with Crippen molar-refractivity contribution < 1.29 is 8.42 Å². The number of hydrogen-bond donors (Lipinski definition) is 1. The molecule has 96 valence electrons. The second kappa shape index (κ2) is 4.66. The number of nitrogens with zero attached hydrogens (tertiary/aromatic N) is 1. The van der Waals surface area contributed by atoms with Crippen LogP contribution in [0.5, 0.6) is 0 Å². The van der Waals surface area contributed by atoms with E-state index in [-0.39, 0.29) is 0 Å². The third kappa shape index (κ3) is 2.61. The molecule has 0 aliphatic rings. The maximum atomic E-state index is 12.3. The molecule has 0 saturated heterocycles. The first kappa shape index (κ1) is 14.0. The molecule has 0 heterocycles. The lowest BCUT2D eigenvalue weighted by Crippen LogP contribution is -2.41. The summed E-state index contributed by atoms with van der Waals surface area (Å²) in [5.41, 5.74) is 7.08. The van der Waals surface area contributed by atoms with Crippen LogP contribution in [0.3, 0.4) is 0 Å². The first-order chi connectivity index (χ1) is 7.71. The lowest BCUT2D eigenvalue weighted by atomic mass is 10.2. The van der Waals surface area contributed by atoms with Gasteiger partial charge in [-0.1, -0.05) is 18.2 Å². The van der Waals surface area contributed by atoms with Crippen LogP contribution in [0.4, 0.5) is 5.69 Å². The van der Waals surface area contributed by atoms with Gasteiger partial charge in [-0.3, -0.25) is 4.31 Å². The smallest absolute Gasteiger partial charge is 0.239 e. The molecule has 0 saturated carbocycles. The molecule has 0 aromatic heterocycles. The number of nitrogens with two attached hydrogens (primary N) is 1.